The predicted molar refractivity (Wildman–Crippen MR) is 105 cm³/mol. The van der Waals surface area contributed by atoms with Gasteiger partial charge >= 0.3 is 0 Å². The molecule has 2 aliphatic heterocycles. The monoisotopic (exact) mass is 395 g/mol. The lowest BCUT2D eigenvalue weighted by Gasteiger charge is -2.26. The first-order chi connectivity index (χ1) is 14.1. The van der Waals surface area contributed by atoms with Crippen molar-refractivity contribution in [3.63, 3.8) is 0 Å². The third kappa shape index (κ3) is 4.25. The van der Waals surface area contributed by atoms with E-state index < -0.39 is 0 Å². The van der Waals surface area contributed by atoms with Gasteiger partial charge < -0.3 is 23.8 Å². The SMILES string of the molecule is COc1ccc(C=C2Oc3cc(OCC(=O)N4CCOCC4)ccc3C2=O)cc1. The van der Waals surface area contributed by atoms with Gasteiger partial charge in [0.15, 0.2) is 12.4 Å². The van der Waals surface area contributed by atoms with Crippen molar-refractivity contribution in [3.05, 3.63) is 59.4 Å². The summed E-state index contributed by atoms with van der Waals surface area (Å²) >= 11 is 0. The number of ketones is 1. The Bertz CT molecular complexity index is 944. The second-order valence-electron chi connectivity index (χ2n) is 6.65. The lowest BCUT2D eigenvalue weighted by atomic mass is 10.1. The number of methoxy groups -OCH3 is 1. The van der Waals surface area contributed by atoms with Gasteiger partial charge in [0.05, 0.1) is 25.9 Å². The molecule has 0 spiro atoms. The molecule has 0 bridgehead atoms. The van der Waals surface area contributed by atoms with Crippen molar-refractivity contribution in [2.75, 3.05) is 40.0 Å². The van der Waals surface area contributed by atoms with Crippen LogP contribution in [0.15, 0.2) is 48.2 Å². The minimum atomic E-state index is -0.188. The number of rotatable bonds is 5. The summed E-state index contributed by atoms with van der Waals surface area (Å²) in [5.41, 5.74) is 1.30. The van der Waals surface area contributed by atoms with Gasteiger partial charge in [-0.25, -0.2) is 0 Å². The average Bonchev–Trinajstić information content (AvgIpc) is 3.07. The van der Waals surface area contributed by atoms with Crippen LogP contribution in [0.5, 0.6) is 17.2 Å². The number of nitrogens with zero attached hydrogens (tertiary/aromatic N) is 1. The van der Waals surface area contributed by atoms with Crippen LogP contribution in [0, 0.1) is 0 Å². The van der Waals surface area contributed by atoms with Gasteiger partial charge in [-0.2, -0.15) is 0 Å². The standard InChI is InChI=1S/C22H21NO6/c1-26-16-4-2-15(3-5-16)12-20-22(25)18-7-6-17(13-19(18)29-20)28-14-21(24)23-8-10-27-11-9-23/h2-7,12-13H,8-11,14H2,1H3. The molecule has 0 N–H and O–H groups in total. The third-order valence-corrected chi connectivity index (χ3v) is 4.78. The number of ether oxygens (including phenoxy) is 4. The number of allylic oxidation sites excluding steroid dienone is 1. The summed E-state index contributed by atoms with van der Waals surface area (Å²) in [6.45, 7) is 2.17. The van der Waals surface area contributed by atoms with E-state index >= 15 is 0 Å². The van der Waals surface area contributed by atoms with E-state index in [1.54, 1.807) is 36.3 Å². The van der Waals surface area contributed by atoms with Crippen LogP contribution in [0.2, 0.25) is 0 Å². The third-order valence-electron chi connectivity index (χ3n) is 4.78. The van der Waals surface area contributed by atoms with Crippen LogP contribution in [0.3, 0.4) is 0 Å². The maximum atomic E-state index is 12.6. The zero-order chi connectivity index (χ0) is 20.2. The molecule has 29 heavy (non-hydrogen) atoms. The molecule has 2 aliphatic rings. The Morgan fingerprint density at radius 1 is 1.10 bits per heavy atom. The molecule has 4 rings (SSSR count). The number of hydrogen-bond acceptors (Lipinski definition) is 6. The number of morpholine rings is 1. The molecule has 0 aromatic heterocycles. The van der Waals surface area contributed by atoms with Gasteiger partial charge in [-0.15, -0.1) is 0 Å². The van der Waals surface area contributed by atoms with Crippen LogP contribution < -0.4 is 14.2 Å². The zero-order valence-corrected chi connectivity index (χ0v) is 16.1. The molecule has 0 aliphatic carbocycles. The highest BCUT2D eigenvalue weighted by molar-refractivity contribution is 6.14. The molecule has 0 saturated carbocycles. The number of carbonyl (C=O) groups excluding carboxylic acids is 2. The first-order valence-electron chi connectivity index (χ1n) is 9.35. The number of carbonyl (C=O) groups is 2. The largest absolute Gasteiger partial charge is 0.497 e. The highest BCUT2D eigenvalue weighted by Crippen LogP contribution is 2.35. The first-order valence-corrected chi connectivity index (χ1v) is 9.35. The Morgan fingerprint density at radius 3 is 2.55 bits per heavy atom. The van der Waals surface area contributed by atoms with E-state index in [0.717, 1.165) is 11.3 Å². The first kappa shape index (κ1) is 19.0. The molecule has 7 heteroatoms. The summed E-state index contributed by atoms with van der Waals surface area (Å²) in [7, 11) is 1.60. The van der Waals surface area contributed by atoms with Gasteiger partial charge in [0.25, 0.3) is 5.91 Å². The van der Waals surface area contributed by atoms with Crippen molar-refractivity contribution in [3.8, 4) is 17.2 Å². The van der Waals surface area contributed by atoms with Gasteiger partial charge in [0.1, 0.15) is 17.2 Å². The van der Waals surface area contributed by atoms with E-state index in [1.807, 2.05) is 24.3 Å². The van der Waals surface area contributed by atoms with Crippen molar-refractivity contribution >= 4 is 17.8 Å². The summed E-state index contributed by atoms with van der Waals surface area (Å²) in [5.74, 6) is 1.60. The van der Waals surface area contributed by atoms with E-state index in [0.29, 0.717) is 43.4 Å². The number of hydrogen-bond donors (Lipinski definition) is 0. The van der Waals surface area contributed by atoms with Crippen LogP contribution in [0.25, 0.3) is 6.08 Å². The van der Waals surface area contributed by atoms with Crippen LogP contribution in [-0.2, 0) is 9.53 Å². The molecule has 1 fully saturated rings. The van der Waals surface area contributed by atoms with E-state index in [4.69, 9.17) is 18.9 Å². The van der Waals surface area contributed by atoms with E-state index in [9.17, 15) is 9.59 Å². The fraction of sp³-hybridized carbons (Fsp3) is 0.273. The summed E-state index contributed by atoms with van der Waals surface area (Å²) in [5, 5.41) is 0. The van der Waals surface area contributed by atoms with E-state index in [1.165, 1.54) is 0 Å². The zero-order valence-electron chi connectivity index (χ0n) is 16.1. The highest BCUT2D eigenvalue weighted by atomic mass is 16.5. The smallest absolute Gasteiger partial charge is 0.260 e. The second-order valence-corrected chi connectivity index (χ2v) is 6.65. The molecule has 1 saturated heterocycles. The Labute approximate surface area is 168 Å². The second kappa shape index (κ2) is 8.36. The number of fused-ring (bicyclic) bond motifs is 1. The quantitative estimate of drug-likeness (QED) is 0.725. The van der Waals surface area contributed by atoms with Crippen molar-refractivity contribution in [2.45, 2.75) is 0 Å². The Balaban J connectivity index is 1.42. The number of benzene rings is 2. The van der Waals surface area contributed by atoms with Gasteiger partial charge in [-0.3, -0.25) is 9.59 Å². The van der Waals surface area contributed by atoms with Crippen molar-refractivity contribution in [1.82, 2.24) is 4.90 Å². The molecule has 2 aromatic carbocycles. The fourth-order valence-electron chi connectivity index (χ4n) is 3.16. The predicted octanol–water partition coefficient (Wildman–Crippen LogP) is 2.55. The minimum absolute atomic E-state index is 0.0682. The van der Waals surface area contributed by atoms with Gasteiger partial charge in [0.2, 0.25) is 5.78 Å². The van der Waals surface area contributed by atoms with Crippen molar-refractivity contribution in [2.24, 2.45) is 0 Å². The Kier molecular flexibility index (Phi) is 5.48. The highest BCUT2D eigenvalue weighted by Gasteiger charge is 2.28. The number of amides is 1. The maximum absolute atomic E-state index is 12.6. The Morgan fingerprint density at radius 2 is 1.83 bits per heavy atom. The molecule has 150 valence electrons. The molecular formula is C22H21NO6. The van der Waals surface area contributed by atoms with Crippen LogP contribution in [0.4, 0.5) is 0 Å². The van der Waals surface area contributed by atoms with Gasteiger partial charge in [-0.1, -0.05) is 12.1 Å². The summed E-state index contributed by atoms with van der Waals surface area (Å²) in [4.78, 5) is 26.5. The summed E-state index contributed by atoms with van der Waals surface area (Å²) in [6, 6.07) is 12.3. The molecular weight excluding hydrogens is 374 g/mol. The molecule has 2 aromatic rings. The van der Waals surface area contributed by atoms with E-state index in [2.05, 4.69) is 0 Å². The minimum Gasteiger partial charge on any atom is -0.497 e. The molecule has 7 nitrogen and oxygen atoms in total. The van der Waals surface area contributed by atoms with Crippen molar-refractivity contribution in [1.29, 1.82) is 0 Å². The lowest BCUT2D eigenvalue weighted by molar-refractivity contribution is -0.137. The Hall–Kier alpha value is -3.32. The van der Waals surface area contributed by atoms with Crippen LogP contribution in [0.1, 0.15) is 15.9 Å². The molecule has 1 amide bonds. The summed E-state index contributed by atoms with van der Waals surface area (Å²) in [6.07, 6.45) is 1.68. The van der Waals surface area contributed by atoms with E-state index in [-0.39, 0.29) is 24.1 Å². The molecule has 2 heterocycles. The normalized spacial score (nSPS) is 17.1. The van der Waals surface area contributed by atoms with Crippen LogP contribution in [-0.4, -0.2) is 56.6 Å². The van der Waals surface area contributed by atoms with Crippen molar-refractivity contribution < 1.29 is 28.5 Å². The van der Waals surface area contributed by atoms with Gasteiger partial charge in [0, 0.05) is 19.2 Å². The fourth-order valence-corrected chi connectivity index (χ4v) is 3.16. The maximum Gasteiger partial charge on any atom is 0.260 e. The molecule has 0 unspecified atom stereocenters. The lowest BCUT2D eigenvalue weighted by Crippen LogP contribution is -2.42. The van der Waals surface area contributed by atoms with Gasteiger partial charge in [-0.05, 0) is 35.9 Å². The van der Waals surface area contributed by atoms with Crippen LogP contribution >= 0.6 is 0 Å². The molecule has 0 atom stereocenters. The molecule has 0 radical (unpaired) electrons. The average molecular weight is 395 g/mol. The topological polar surface area (TPSA) is 74.3 Å². The summed E-state index contributed by atoms with van der Waals surface area (Å²) < 4.78 is 21.7. The number of Topliss-reactive ketones (excluding diaryl/α,β-unsaturated/α-hetero) is 1.